The molecule has 0 aliphatic rings. The van der Waals surface area contributed by atoms with E-state index in [-0.39, 0.29) is 5.91 Å². The third kappa shape index (κ3) is 6.01. The summed E-state index contributed by atoms with van der Waals surface area (Å²) >= 11 is 0. The van der Waals surface area contributed by atoms with E-state index < -0.39 is 0 Å². The minimum absolute atomic E-state index is 0.209. The summed E-state index contributed by atoms with van der Waals surface area (Å²) in [6.07, 6.45) is 1.86. The number of benzene rings is 3. The van der Waals surface area contributed by atoms with E-state index in [9.17, 15) is 4.79 Å². The summed E-state index contributed by atoms with van der Waals surface area (Å²) in [4.78, 5) is 12.7. The highest BCUT2D eigenvalue weighted by Crippen LogP contribution is 2.19. The number of nitrogens with one attached hydrogen (secondary N) is 1. The van der Waals surface area contributed by atoms with Gasteiger partial charge in [-0.2, -0.15) is 5.10 Å². The highest BCUT2D eigenvalue weighted by atomic mass is 16.5. The molecular weight excluding hydrogens is 414 g/mol. The van der Waals surface area contributed by atoms with Gasteiger partial charge in [-0.15, -0.1) is 0 Å². The van der Waals surface area contributed by atoms with Crippen molar-refractivity contribution in [2.45, 2.75) is 27.0 Å². The van der Waals surface area contributed by atoms with Gasteiger partial charge in [-0.25, -0.2) is 0 Å². The first-order chi connectivity index (χ1) is 16.1. The van der Waals surface area contributed by atoms with Gasteiger partial charge in [0.1, 0.15) is 18.1 Å². The van der Waals surface area contributed by atoms with Gasteiger partial charge in [0.2, 0.25) is 0 Å². The Bertz CT molecular complexity index is 1220. The van der Waals surface area contributed by atoms with Gasteiger partial charge in [0.25, 0.3) is 5.91 Å². The third-order valence-electron chi connectivity index (χ3n) is 5.21. The van der Waals surface area contributed by atoms with Gasteiger partial charge in [0.05, 0.1) is 13.2 Å². The lowest BCUT2D eigenvalue weighted by Gasteiger charge is -2.09. The molecule has 0 atom stereocenters. The molecule has 4 rings (SSSR count). The van der Waals surface area contributed by atoms with Gasteiger partial charge in [0, 0.05) is 17.8 Å². The van der Waals surface area contributed by atoms with Crippen molar-refractivity contribution in [3.05, 3.63) is 107 Å². The van der Waals surface area contributed by atoms with E-state index in [4.69, 9.17) is 9.47 Å². The second kappa shape index (κ2) is 10.5. The average molecular weight is 442 g/mol. The quantitative estimate of drug-likeness (QED) is 0.374. The average Bonchev–Trinajstić information content (AvgIpc) is 3.27. The van der Waals surface area contributed by atoms with Crippen LogP contribution in [0.25, 0.3) is 0 Å². The SMILES string of the molecule is CCOc1ccc(OCc2cccc(C(=O)Nc3ccn(Cc4ccccc4C)n3)c2)cc1. The van der Waals surface area contributed by atoms with Crippen LogP contribution in [0.3, 0.4) is 0 Å². The van der Waals surface area contributed by atoms with E-state index in [0.717, 1.165) is 17.1 Å². The molecule has 0 aliphatic heterocycles. The second-order valence-corrected chi connectivity index (χ2v) is 7.67. The first kappa shape index (κ1) is 22.1. The summed E-state index contributed by atoms with van der Waals surface area (Å²) in [7, 11) is 0. The molecule has 168 valence electrons. The van der Waals surface area contributed by atoms with Gasteiger partial charge < -0.3 is 14.8 Å². The van der Waals surface area contributed by atoms with E-state index in [0.29, 0.717) is 31.1 Å². The molecule has 0 unspecified atom stereocenters. The number of ether oxygens (including phenoxy) is 2. The number of carbonyl (C=O) groups excluding carboxylic acids is 1. The van der Waals surface area contributed by atoms with E-state index in [1.807, 2.05) is 72.4 Å². The van der Waals surface area contributed by atoms with Crippen LogP contribution in [0, 0.1) is 6.92 Å². The minimum atomic E-state index is -0.209. The normalized spacial score (nSPS) is 10.6. The predicted molar refractivity (Wildman–Crippen MR) is 129 cm³/mol. The predicted octanol–water partition coefficient (Wildman–Crippen LogP) is 5.47. The monoisotopic (exact) mass is 441 g/mol. The van der Waals surface area contributed by atoms with Crippen molar-refractivity contribution in [1.29, 1.82) is 0 Å². The molecule has 0 spiro atoms. The molecule has 1 N–H and O–H groups in total. The Hall–Kier alpha value is -4.06. The number of carbonyl (C=O) groups is 1. The highest BCUT2D eigenvalue weighted by Gasteiger charge is 2.10. The van der Waals surface area contributed by atoms with Crippen LogP contribution in [0.5, 0.6) is 11.5 Å². The van der Waals surface area contributed by atoms with Crippen LogP contribution in [0.15, 0.2) is 85.1 Å². The zero-order valence-corrected chi connectivity index (χ0v) is 18.8. The molecule has 0 saturated carbocycles. The molecule has 6 heteroatoms. The van der Waals surface area contributed by atoms with Crippen LogP contribution >= 0.6 is 0 Å². The van der Waals surface area contributed by atoms with Crippen molar-refractivity contribution < 1.29 is 14.3 Å². The van der Waals surface area contributed by atoms with Gasteiger partial charge in [-0.3, -0.25) is 9.48 Å². The number of aromatic nitrogens is 2. The van der Waals surface area contributed by atoms with Crippen molar-refractivity contribution in [3.8, 4) is 11.5 Å². The number of amides is 1. The third-order valence-corrected chi connectivity index (χ3v) is 5.21. The van der Waals surface area contributed by atoms with Gasteiger partial charge in [-0.1, -0.05) is 36.4 Å². The van der Waals surface area contributed by atoms with Gasteiger partial charge >= 0.3 is 0 Å². The fourth-order valence-electron chi connectivity index (χ4n) is 3.43. The van der Waals surface area contributed by atoms with E-state index >= 15 is 0 Å². The molecule has 0 bridgehead atoms. The Labute approximate surface area is 193 Å². The first-order valence-corrected chi connectivity index (χ1v) is 10.9. The van der Waals surface area contributed by atoms with Gasteiger partial charge in [-0.05, 0) is 66.9 Å². The minimum Gasteiger partial charge on any atom is -0.494 e. The number of hydrogen-bond donors (Lipinski definition) is 1. The van der Waals surface area contributed by atoms with Gasteiger partial charge in [0.15, 0.2) is 5.82 Å². The van der Waals surface area contributed by atoms with E-state index in [1.54, 1.807) is 12.1 Å². The van der Waals surface area contributed by atoms with Crippen molar-refractivity contribution in [1.82, 2.24) is 9.78 Å². The molecule has 0 radical (unpaired) electrons. The summed E-state index contributed by atoms with van der Waals surface area (Å²) in [5, 5.41) is 7.35. The summed E-state index contributed by atoms with van der Waals surface area (Å²) in [5.74, 6) is 1.86. The molecule has 0 aliphatic carbocycles. The maximum atomic E-state index is 12.7. The van der Waals surface area contributed by atoms with Crippen molar-refractivity contribution in [2.24, 2.45) is 0 Å². The molecule has 1 heterocycles. The molecule has 4 aromatic rings. The molecular formula is C27H27N3O3. The maximum Gasteiger partial charge on any atom is 0.256 e. The highest BCUT2D eigenvalue weighted by molar-refractivity contribution is 6.03. The first-order valence-electron chi connectivity index (χ1n) is 10.9. The van der Waals surface area contributed by atoms with Crippen molar-refractivity contribution in [3.63, 3.8) is 0 Å². The number of rotatable bonds is 9. The van der Waals surface area contributed by atoms with Crippen LogP contribution in [0.1, 0.15) is 34.0 Å². The Kier molecular flexibility index (Phi) is 7.05. The van der Waals surface area contributed by atoms with Crippen LogP contribution in [-0.4, -0.2) is 22.3 Å². The van der Waals surface area contributed by atoms with Crippen LogP contribution in [0.4, 0.5) is 5.82 Å². The molecule has 6 nitrogen and oxygen atoms in total. The molecule has 1 aromatic heterocycles. The smallest absolute Gasteiger partial charge is 0.256 e. The maximum absolute atomic E-state index is 12.7. The molecule has 0 saturated heterocycles. The van der Waals surface area contributed by atoms with E-state index in [2.05, 4.69) is 29.5 Å². The molecule has 1 amide bonds. The van der Waals surface area contributed by atoms with Crippen molar-refractivity contribution >= 4 is 11.7 Å². The Balaban J connectivity index is 1.35. The lowest BCUT2D eigenvalue weighted by Crippen LogP contribution is -2.13. The van der Waals surface area contributed by atoms with Crippen LogP contribution in [-0.2, 0) is 13.2 Å². The van der Waals surface area contributed by atoms with E-state index in [1.165, 1.54) is 11.1 Å². The number of aryl methyl sites for hydroxylation is 1. The summed E-state index contributed by atoms with van der Waals surface area (Å²) in [6.45, 7) is 5.67. The van der Waals surface area contributed by atoms with Crippen LogP contribution < -0.4 is 14.8 Å². The Morgan fingerprint density at radius 1 is 0.939 bits per heavy atom. The number of anilines is 1. The topological polar surface area (TPSA) is 65.4 Å². The summed E-state index contributed by atoms with van der Waals surface area (Å²) in [5.41, 5.74) is 3.86. The second-order valence-electron chi connectivity index (χ2n) is 7.67. The zero-order valence-electron chi connectivity index (χ0n) is 18.8. The lowest BCUT2D eigenvalue weighted by atomic mass is 10.1. The number of hydrogen-bond acceptors (Lipinski definition) is 4. The Morgan fingerprint density at radius 3 is 2.45 bits per heavy atom. The Morgan fingerprint density at radius 2 is 1.70 bits per heavy atom. The van der Waals surface area contributed by atoms with Crippen molar-refractivity contribution in [2.75, 3.05) is 11.9 Å². The molecule has 33 heavy (non-hydrogen) atoms. The fraction of sp³-hybridized carbons (Fsp3) is 0.185. The summed E-state index contributed by atoms with van der Waals surface area (Å²) in [6, 6.07) is 24.9. The summed E-state index contributed by atoms with van der Waals surface area (Å²) < 4.78 is 13.1. The zero-order chi connectivity index (χ0) is 23.0. The van der Waals surface area contributed by atoms with Crippen LogP contribution in [0.2, 0.25) is 0 Å². The molecule has 0 fully saturated rings. The molecule has 3 aromatic carbocycles. The standard InChI is InChI=1S/C27H27N3O3/c1-3-32-24-11-13-25(14-12-24)33-19-21-8-6-10-22(17-21)27(31)28-26-15-16-30(29-26)18-23-9-5-4-7-20(23)2/h4-17H,3,18-19H2,1-2H3,(H,28,29,31). The fourth-order valence-corrected chi connectivity index (χ4v) is 3.43. The number of nitrogens with zero attached hydrogens (tertiary/aromatic N) is 2. The largest absolute Gasteiger partial charge is 0.494 e. The lowest BCUT2D eigenvalue weighted by molar-refractivity contribution is 0.102.